The quantitative estimate of drug-likeness (QED) is 0.501. The first kappa shape index (κ1) is 20.3. The fourth-order valence-electron chi connectivity index (χ4n) is 4.08. The molecule has 144 valence electrons. The first-order chi connectivity index (χ1) is 13.2. The van der Waals surface area contributed by atoms with Crippen LogP contribution in [0.1, 0.15) is 60.7 Å². The molecule has 1 aliphatic heterocycles. The highest BCUT2D eigenvalue weighted by Crippen LogP contribution is 2.51. The zero-order valence-electron chi connectivity index (χ0n) is 15.9. The molecule has 0 unspecified atom stereocenters. The van der Waals surface area contributed by atoms with Gasteiger partial charge in [-0.05, 0) is 72.5 Å². The summed E-state index contributed by atoms with van der Waals surface area (Å²) in [6, 6.07) is 11.0. The molecule has 1 aromatic carbocycles. The lowest BCUT2D eigenvalue weighted by atomic mass is 9.83. The highest BCUT2D eigenvalue weighted by molar-refractivity contribution is 7.10. The van der Waals surface area contributed by atoms with Gasteiger partial charge in [0.2, 0.25) is 0 Å². The number of hydrogen-bond acceptors (Lipinski definition) is 3. The lowest BCUT2D eigenvalue weighted by Crippen LogP contribution is -2.37. The number of hydrogen-bond donors (Lipinski definition) is 1. The summed E-state index contributed by atoms with van der Waals surface area (Å²) in [6.07, 6.45) is 8.06. The number of nitrogens with zero attached hydrogens (tertiary/aromatic N) is 1. The van der Waals surface area contributed by atoms with Crippen molar-refractivity contribution in [3.8, 4) is 0 Å². The van der Waals surface area contributed by atoms with Crippen molar-refractivity contribution in [3.05, 3.63) is 75.5 Å². The van der Waals surface area contributed by atoms with Gasteiger partial charge in [0.1, 0.15) is 0 Å². The summed E-state index contributed by atoms with van der Waals surface area (Å²) in [5.41, 5.74) is 3.85. The Kier molecular flexibility index (Phi) is 7.31. The number of allylic oxidation sites excluding steroid dienone is 1. The number of aliphatic hydroxyl groups is 1. The number of aliphatic hydroxyl groups excluding tert-OH is 1. The Bertz CT molecular complexity index is 797. The smallest absolute Gasteiger partial charge is 0.0610 e. The van der Waals surface area contributed by atoms with E-state index >= 15 is 0 Å². The minimum Gasteiger partial charge on any atom is -0.396 e. The van der Waals surface area contributed by atoms with Gasteiger partial charge in [-0.15, -0.1) is 17.9 Å². The Labute approximate surface area is 171 Å². The standard InChI is InChI=1S/C23H28ClNOS/c1-3-5-11-21-23-20(12-15-27-23)19(10-7-14-26)22(25(21)13-4-2)17-8-6-9-18(24)16-17/h3,6,8-10,12,15-16,21-22,26H,1,4-5,7,11,13-14H2,2H3/b19-10+/t21-,22-/m1/s1. The van der Waals surface area contributed by atoms with Crippen LogP contribution in [0.25, 0.3) is 5.57 Å². The van der Waals surface area contributed by atoms with E-state index < -0.39 is 0 Å². The second-order valence-corrected chi connectivity index (χ2v) is 8.33. The molecule has 3 rings (SSSR count). The summed E-state index contributed by atoms with van der Waals surface area (Å²) in [5.74, 6) is 0. The zero-order chi connectivity index (χ0) is 19.2. The van der Waals surface area contributed by atoms with Gasteiger partial charge in [0.05, 0.1) is 6.04 Å². The molecule has 2 nitrogen and oxygen atoms in total. The highest BCUT2D eigenvalue weighted by atomic mass is 35.5. The molecule has 27 heavy (non-hydrogen) atoms. The van der Waals surface area contributed by atoms with Crippen LogP contribution in [0.3, 0.4) is 0 Å². The molecule has 2 atom stereocenters. The Balaban J connectivity index is 2.16. The topological polar surface area (TPSA) is 23.5 Å². The van der Waals surface area contributed by atoms with Gasteiger partial charge in [-0.2, -0.15) is 0 Å². The van der Waals surface area contributed by atoms with Crippen molar-refractivity contribution in [2.75, 3.05) is 13.2 Å². The highest BCUT2D eigenvalue weighted by Gasteiger charge is 2.38. The van der Waals surface area contributed by atoms with Crippen molar-refractivity contribution in [2.24, 2.45) is 0 Å². The normalized spacial score (nSPS) is 21.4. The second kappa shape index (κ2) is 9.70. The monoisotopic (exact) mass is 401 g/mol. The maximum absolute atomic E-state index is 9.45. The Hall–Kier alpha value is -1.39. The number of rotatable bonds is 8. The summed E-state index contributed by atoms with van der Waals surface area (Å²) in [4.78, 5) is 4.06. The molecule has 0 spiro atoms. The van der Waals surface area contributed by atoms with Crippen molar-refractivity contribution in [1.29, 1.82) is 0 Å². The number of halogens is 1. The fourth-order valence-corrected chi connectivity index (χ4v) is 5.35. The Morgan fingerprint density at radius 1 is 1.30 bits per heavy atom. The minimum atomic E-state index is 0.159. The van der Waals surface area contributed by atoms with Gasteiger partial charge in [0.25, 0.3) is 0 Å². The van der Waals surface area contributed by atoms with E-state index in [0.29, 0.717) is 12.5 Å². The average molecular weight is 402 g/mol. The lowest BCUT2D eigenvalue weighted by molar-refractivity contribution is 0.152. The molecule has 1 aliphatic rings. The molecule has 0 bridgehead atoms. The van der Waals surface area contributed by atoms with E-state index in [2.05, 4.69) is 48.1 Å². The van der Waals surface area contributed by atoms with Crippen LogP contribution in [0.5, 0.6) is 0 Å². The summed E-state index contributed by atoms with van der Waals surface area (Å²) in [6.45, 7) is 7.36. The average Bonchev–Trinajstić information content (AvgIpc) is 3.15. The van der Waals surface area contributed by atoms with E-state index in [4.69, 9.17) is 11.6 Å². The van der Waals surface area contributed by atoms with Crippen LogP contribution in [0.4, 0.5) is 0 Å². The van der Waals surface area contributed by atoms with Crippen LogP contribution in [0, 0.1) is 0 Å². The van der Waals surface area contributed by atoms with Crippen molar-refractivity contribution in [2.45, 2.75) is 44.7 Å². The molecule has 1 aromatic heterocycles. The third-order valence-corrected chi connectivity index (χ3v) is 6.37. The third-order valence-electron chi connectivity index (χ3n) is 5.12. The molecule has 4 heteroatoms. The van der Waals surface area contributed by atoms with Gasteiger partial charge in [-0.25, -0.2) is 0 Å². The second-order valence-electron chi connectivity index (χ2n) is 6.95. The molecule has 0 saturated heterocycles. The van der Waals surface area contributed by atoms with Gasteiger partial charge in [-0.3, -0.25) is 4.90 Å². The van der Waals surface area contributed by atoms with E-state index in [-0.39, 0.29) is 12.6 Å². The maximum atomic E-state index is 9.45. The summed E-state index contributed by atoms with van der Waals surface area (Å²) in [7, 11) is 0. The molecule has 0 saturated carbocycles. The molecule has 0 radical (unpaired) electrons. The molecule has 1 N–H and O–H groups in total. The van der Waals surface area contributed by atoms with E-state index in [1.165, 1.54) is 21.6 Å². The Morgan fingerprint density at radius 3 is 2.85 bits per heavy atom. The maximum Gasteiger partial charge on any atom is 0.0610 e. The van der Waals surface area contributed by atoms with Gasteiger partial charge in [-0.1, -0.05) is 42.8 Å². The molecule has 0 fully saturated rings. The lowest BCUT2D eigenvalue weighted by Gasteiger charge is -2.44. The van der Waals surface area contributed by atoms with Crippen LogP contribution in [0.15, 0.2) is 54.4 Å². The van der Waals surface area contributed by atoms with Gasteiger partial charge < -0.3 is 5.11 Å². The van der Waals surface area contributed by atoms with Crippen LogP contribution in [0.2, 0.25) is 5.02 Å². The SMILES string of the molecule is C=CCC[C@@H]1c2sccc2/C(=C\CCO)[C@@H](c2cccc(Cl)c2)N1CCC. The van der Waals surface area contributed by atoms with Crippen LogP contribution < -0.4 is 0 Å². The molecule has 2 heterocycles. The third kappa shape index (κ3) is 4.38. The van der Waals surface area contributed by atoms with Crippen molar-refractivity contribution in [1.82, 2.24) is 4.90 Å². The molecule has 0 aliphatic carbocycles. The number of thiophene rings is 1. The minimum absolute atomic E-state index is 0.159. The summed E-state index contributed by atoms with van der Waals surface area (Å²) >= 11 is 8.20. The number of fused-ring (bicyclic) bond motifs is 1. The largest absolute Gasteiger partial charge is 0.396 e. The van der Waals surface area contributed by atoms with Gasteiger partial charge >= 0.3 is 0 Å². The van der Waals surface area contributed by atoms with Crippen LogP contribution >= 0.6 is 22.9 Å². The number of benzene rings is 1. The Morgan fingerprint density at radius 2 is 2.15 bits per heavy atom. The van der Waals surface area contributed by atoms with Gasteiger partial charge in [0.15, 0.2) is 0 Å². The molecule has 2 aromatic rings. The van der Waals surface area contributed by atoms with Gasteiger partial charge in [0, 0.05) is 22.5 Å². The van der Waals surface area contributed by atoms with E-state index in [1.807, 2.05) is 29.5 Å². The van der Waals surface area contributed by atoms with Crippen LogP contribution in [-0.4, -0.2) is 23.2 Å². The molecular weight excluding hydrogens is 374 g/mol. The molecule has 0 amide bonds. The van der Waals surface area contributed by atoms with E-state index in [9.17, 15) is 5.11 Å². The fraction of sp³-hybridized carbons (Fsp3) is 0.391. The van der Waals surface area contributed by atoms with E-state index in [1.54, 1.807) is 0 Å². The predicted molar refractivity (Wildman–Crippen MR) is 117 cm³/mol. The first-order valence-corrected chi connectivity index (χ1v) is 11.0. The molecular formula is C23H28ClNOS. The summed E-state index contributed by atoms with van der Waals surface area (Å²) in [5, 5.41) is 12.4. The first-order valence-electron chi connectivity index (χ1n) is 9.72. The zero-order valence-corrected chi connectivity index (χ0v) is 17.5. The van der Waals surface area contributed by atoms with Crippen molar-refractivity contribution >= 4 is 28.5 Å². The summed E-state index contributed by atoms with van der Waals surface area (Å²) < 4.78 is 0. The predicted octanol–water partition coefficient (Wildman–Crippen LogP) is 6.64. The van der Waals surface area contributed by atoms with Crippen LogP contribution in [-0.2, 0) is 0 Å². The van der Waals surface area contributed by atoms with Crippen molar-refractivity contribution in [3.63, 3.8) is 0 Å². The van der Waals surface area contributed by atoms with Crippen molar-refractivity contribution < 1.29 is 5.11 Å². The van der Waals surface area contributed by atoms with E-state index in [0.717, 1.165) is 30.8 Å².